The van der Waals surface area contributed by atoms with Gasteiger partial charge in [-0.15, -0.1) is 0 Å². The van der Waals surface area contributed by atoms with Crippen molar-refractivity contribution in [2.45, 2.75) is 161 Å². The lowest BCUT2D eigenvalue weighted by Crippen LogP contribution is -2.47. The predicted octanol–water partition coefficient (Wildman–Crippen LogP) is 8.03. The zero-order valence-electron chi connectivity index (χ0n) is 30.0. The van der Waals surface area contributed by atoms with Gasteiger partial charge in [0.25, 0.3) is 0 Å². The van der Waals surface area contributed by atoms with Crippen molar-refractivity contribution in [3.63, 3.8) is 0 Å². The fourth-order valence-electron chi connectivity index (χ4n) is 5.02. The van der Waals surface area contributed by atoms with Gasteiger partial charge in [-0.2, -0.15) is 0 Å². The van der Waals surface area contributed by atoms with E-state index in [0.717, 1.165) is 70.6 Å². The Kier molecular flexibility index (Phi) is 31.4. The molecule has 274 valence electrons. The van der Waals surface area contributed by atoms with E-state index < -0.39 is 24.5 Å². The Balaban J connectivity index is 4.33. The predicted molar refractivity (Wildman–Crippen MR) is 194 cm³/mol. The van der Waals surface area contributed by atoms with Crippen LogP contribution in [0.4, 0.5) is 0 Å². The summed E-state index contributed by atoms with van der Waals surface area (Å²) < 4.78 is 5.92. The molecule has 48 heavy (non-hydrogen) atoms. The molecule has 0 spiro atoms. The standard InChI is InChI=1S/C39H66N2O7/c1-3-5-7-9-11-12-13-14-15-16-18-23-27-31-38(45)48-34(28-24-20-17-10-8-6-4-2)29-25-21-19-22-26-30-36(43)40-32-37(44)41-35(33-42)39(46)47/h5,7,11-12,14-15,18,23,34-35,42H,3-4,6,8-10,13,16-17,19-22,24-33H2,1-2H3,(H,40,43)(H,41,44)(H,46,47)/b7-5-,12-11-,15-14-,23-18-. The van der Waals surface area contributed by atoms with E-state index in [1.807, 2.05) is 0 Å². The van der Waals surface area contributed by atoms with Crippen molar-refractivity contribution in [1.82, 2.24) is 10.6 Å². The van der Waals surface area contributed by atoms with Gasteiger partial charge in [0.1, 0.15) is 12.1 Å². The number of ether oxygens (including phenoxy) is 1. The van der Waals surface area contributed by atoms with Crippen molar-refractivity contribution in [3.8, 4) is 0 Å². The molecule has 2 unspecified atom stereocenters. The Labute approximate surface area is 290 Å². The number of aliphatic hydroxyl groups is 1. The molecule has 0 heterocycles. The van der Waals surface area contributed by atoms with E-state index in [1.54, 1.807) is 0 Å². The molecule has 0 aromatic rings. The van der Waals surface area contributed by atoms with Crippen molar-refractivity contribution < 1.29 is 34.1 Å². The first kappa shape index (κ1) is 44.8. The molecule has 0 aliphatic carbocycles. The van der Waals surface area contributed by atoms with Crippen LogP contribution in [0.25, 0.3) is 0 Å². The number of aliphatic carboxylic acids is 1. The lowest BCUT2D eigenvalue weighted by molar-refractivity contribution is -0.149. The number of hydrogen-bond acceptors (Lipinski definition) is 6. The van der Waals surface area contributed by atoms with E-state index in [0.29, 0.717) is 19.3 Å². The highest BCUT2D eigenvalue weighted by Gasteiger charge is 2.19. The molecular weight excluding hydrogens is 608 g/mol. The van der Waals surface area contributed by atoms with E-state index in [2.05, 4.69) is 73.1 Å². The number of carbonyl (C=O) groups is 4. The second kappa shape index (κ2) is 33.7. The Morgan fingerprint density at radius 1 is 0.646 bits per heavy atom. The maximum atomic E-state index is 12.6. The molecule has 0 saturated heterocycles. The third kappa shape index (κ3) is 30.2. The van der Waals surface area contributed by atoms with Crippen LogP contribution < -0.4 is 10.6 Å². The summed E-state index contributed by atoms with van der Waals surface area (Å²) >= 11 is 0. The van der Waals surface area contributed by atoms with Crippen LogP contribution in [0.2, 0.25) is 0 Å². The van der Waals surface area contributed by atoms with Gasteiger partial charge in [-0.3, -0.25) is 14.4 Å². The number of hydrogen-bond donors (Lipinski definition) is 4. The normalized spacial score (nSPS) is 13.1. The SMILES string of the molecule is CC/C=C\C/C=C\C/C=C\C/C=C\CCC(=O)OC(CCCCCCCCC)CCCCCCCC(=O)NCC(=O)NC(CO)C(=O)O. The molecule has 2 atom stereocenters. The summed E-state index contributed by atoms with van der Waals surface area (Å²) in [7, 11) is 0. The van der Waals surface area contributed by atoms with Crippen LogP contribution in [0.15, 0.2) is 48.6 Å². The minimum absolute atomic E-state index is 0.0472. The summed E-state index contributed by atoms with van der Waals surface area (Å²) in [5.74, 6) is -2.39. The number of carbonyl (C=O) groups excluding carboxylic acids is 3. The first-order valence-electron chi connectivity index (χ1n) is 18.5. The summed E-state index contributed by atoms with van der Waals surface area (Å²) in [5, 5.41) is 22.5. The first-order chi connectivity index (χ1) is 23.3. The van der Waals surface area contributed by atoms with Crippen molar-refractivity contribution in [2.24, 2.45) is 0 Å². The average Bonchev–Trinajstić information content (AvgIpc) is 3.07. The van der Waals surface area contributed by atoms with E-state index in [-0.39, 0.29) is 30.9 Å². The van der Waals surface area contributed by atoms with Crippen molar-refractivity contribution >= 4 is 23.8 Å². The number of nitrogens with one attached hydrogen (secondary N) is 2. The zero-order chi connectivity index (χ0) is 35.5. The Hall–Kier alpha value is -3.20. The molecule has 0 radical (unpaired) electrons. The number of unbranched alkanes of at least 4 members (excludes halogenated alkanes) is 10. The fourth-order valence-corrected chi connectivity index (χ4v) is 5.02. The molecule has 9 nitrogen and oxygen atoms in total. The highest BCUT2D eigenvalue weighted by atomic mass is 16.5. The van der Waals surface area contributed by atoms with Crippen LogP contribution >= 0.6 is 0 Å². The van der Waals surface area contributed by atoms with Gasteiger partial charge in [-0.25, -0.2) is 4.79 Å². The molecule has 0 aromatic carbocycles. The number of carboxylic acid groups (broad SMARTS) is 1. The van der Waals surface area contributed by atoms with Gasteiger partial charge in [0.05, 0.1) is 13.2 Å². The van der Waals surface area contributed by atoms with Crippen LogP contribution in [0.3, 0.4) is 0 Å². The maximum Gasteiger partial charge on any atom is 0.328 e. The summed E-state index contributed by atoms with van der Waals surface area (Å²) in [6.07, 6.45) is 37.2. The van der Waals surface area contributed by atoms with Crippen LogP contribution in [0, 0.1) is 0 Å². The van der Waals surface area contributed by atoms with Gasteiger partial charge in [0.15, 0.2) is 0 Å². The summed E-state index contributed by atoms with van der Waals surface area (Å²) in [6.45, 7) is 3.31. The molecule has 0 saturated carbocycles. The maximum absolute atomic E-state index is 12.6. The van der Waals surface area contributed by atoms with Gasteiger partial charge < -0.3 is 25.6 Å². The number of carboxylic acids is 1. The Bertz CT molecular complexity index is 958. The third-order valence-electron chi connectivity index (χ3n) is 7.85. The lowest BCUT2D eigenvalue weighted by atomic mass is 10.0. The molecular formula is C39H66N2O7. The molecule has 0 aromatic heterocycles. The van der Waals surface area contributed by atoms with E-state index >= 15 is 0 Å². The van der Waals surface area contributed by atoms with Crippen molar-refractivity contribution in [1.29, 1.82) is 0 Å². The minimum atomic E-state index is -1.39. The van der Waals surface area contributed by atoms with E-state index in [4.69, 9.17) is 14.9 Å². The van der Waals surface area contributed by atoms with Crippen LogP contribution in [0.1, 0.15) is 149 Å². The zero-order valence-corrected chi connectivity index (χ0v) is 30.0. The highest BCUT2D eigenvalue weighted by Crippen LogP contribution is 2.18. The van der Waals surface area contributed by atoms with Crippen LogP contribution in [-0.2, 0) is 23.9 Å². The summed E-state index contributed by atoms with van der Waals surface area (Å²) in [5.41, 5.74) is 0. The van der Waals surface area contributed by atoms with E-state index in [9.17, 15) is 19.2 Å². The summed E-state index contributed by atoms with van der Waals surface area (Å²) in [6, 6.07) is -1.39. The highest BCUT2D eigenvalue weighted by molar-refractivity contribution is 5.87. The minimum Gasteiger partial charge on any atom is -0.480 e. The number of rotatable bonds is 32. The summed E-state index contributed by atoms with van der Waals surface area (Å²) in [4.78, 5) is 47.2. The van der Waals surface area contributed by atoms with Gasteiger partial charge >= 0.3 is 11.9 Å². The Morgan fingerprint density at radius 2 is 1.17 bits per heavy atom. The molecule has 0 bridgehead atoms. The molecule has 9 heteroatoms. The first-order valence-corrected chi connectivity index (χ1v) is 18.5. The largest absolute Gasteiger partial charge is 0.480 e. The molecule has 2 amide bonds. The molecule has 0 aliphatic heterocycles. The van der Waals surface area contributed by atoms with Crippen LogP contribution in [-0.4, -0.2) is 59.3 Å². The fraction of sp³-hybridized carbons (Fsp3) is 0.692. The van der Waals surface area contributed by atoms with Gasteiger partial charge in [0, 0.05) is 12.8 Å². The topological polar surface area (TPSA) is 142 Å². The smallest absolute Gasteiger partial charge is 0.328 e. The average molecular weight is 675 g/mol. The molecule has 0 rings (SSSR count). The van der Waals surface area contributed by atoms with Gasteiger partial charge in [0.2, 0.25) is 11.8 Å². The number of allylic oxidation sites excluding steroid dienone is 8. The van der Waals surface area contributed by atoms with Gasteiger partial charge in [-0.05, 0) is 64.2 Å². The second-order valence-electron chi connectivity index (χ2n) is 12.3. The Morgan fingerprint density at radius 3 is 1.71 bits per heavy atom. The van der Waals surface area contributed by atoms with Crippen molar-refractivity contribution in [2.75, 3.05) is 13.2 Å². The molecule has 0 aliphatic rings. The van der Waals surface area contributed by atoms with Crippen molar-refractivity contribution in [3.05, 3.63) is 48.6 Å². The molecule has 0 fully saturated rings. The second-order valence-corrected chi connectivity index (χ2v) is 12.3. The lowest BCUT2D eigenvalue weighted by Gasteiger charge is -2.18. The quantitative estimate of drug-likeness (QED) is 0.0321. The number of aliphatic hydroxyl groups excluding tert-OH is 1. The van der Waals surface area contributed by atoms with E-state index in [1.165, 1.54) is 38.5 Å². The molecule has 4 N–H and O–H groups in total. The monoisotopic (exact) mass is 674 g/mol. The van der Waals surface area contributed by atoms with Gasteiger partial charge in [-0.1, -0.05) is 120 Å². The van der Waals surface area contributed by atoms with Crippen LogP contribution in [0.5, 0.6) is 0 Å². The third-order valence-corrected chi connectivity index (χ3v) is 7.85. The number of esters is 1. The number of amides is 2.